The highest BCUT2D eigenvalue weighted by Crippen LogP contribution is 2.55. The van der Waals surface area contributed by atoms with Crippen molar-refractivity contribution in [3.8, 4) is 51.4 Å². The molecule has 2 heterocycles. The molecule has 5 atom stereocenters. The Morgan fingerprint density at radius 3 is 2.34 bits per heavy atom. The number of aliphatic hydroxyl groups excluding tert-OH is 2. The molecule has 0 unspecified atom stereocenters. The highest BCUT2D eigenvalue weighted by molar-refractivity contribution is 5.96. The molecule has 2 aliphatic heterocycles. The van der Waals surface area contributed by atoms with Crippen molar-refractivity contribution in [2.75, 3.05) is 40.6 Å². The molecule has 312 valence electrons. The minimum Gasteiger partial charge on any atom is -0.508 e. The van der Waals surface area contributed by atoms with E-state index in [1.165, 1.54) is 0 Å². The maximum Gasteiger partial charge on any atom is 0.133 e. The van der Waals surface area contributed by atoms with Gasteiger partial charge >= 0.3 is 0 Å². The summed E-state index contributed by atoms with van der Waals surface area (Å²) in [6, 6.07) is 23.2. The van der Waals surface area contributed by atoms with Crippen molar-refractivity contribution in [1.29, 1.82) is 0 Å². The number of ether oxygens (including phenoxy) is 6. The van der Waals surface area contributed by atoms with Gasteiger partial charge < -0.3 is 54.0 Å². The van der Waals surface area contributed by atoms with Gasteiger partial charge in [-0.1, -0.05) is 18.2 Å². The summed E-state index contributed by atoms with van der Waals surface area (Å²) in [5.74, 6) is 1.84. The van der Waals surface area contributed by atoms with E-state index in [1.54, 1.807) is 56.7 Å². The minimum atomic E-state index is -1.01. The lowest BCUT2D eigenvalue weighted by Crippen LogP contribution is -2.46. The number of hydrogen-bond acceptors (Lipinski definition) is 11. The van der Waals surface area contributed by atoms with Gasteiger partial charge in [-0.25, -0.2) is 0 Å². The number of fused-ring (bicyclic) bond motifs is 4. The topological polar surface area (TPSA) is 157 Å². The zero-order chi connectivity index (χ0) is 41.0. The van der Waals surface area contributed by atoms with Crippen LogP contribution in [-0.2, 0) is 15.9 Å². The summed E-state index contributed by atoms with van der Waals surface area (Å²) in [6.07, 6.45) is 4.22. The molecule has 11 heteroatoms. The Bertz CT molecular complexity index is 2250. The van der Waals surface area contributed by atoms with E-state index >= 15 is 0 Å². The predicted molar refractivity (Wildman–Crippen MR) is 223 cm³/mol. The molecule has 0 amide bonds. The molecular weight excluding hydrogens is 753 g/mol. The molecule has 1 saturated carbocycles. The summed E-state index contributed by atoms with van der Waals surface area (Å²) in [7, 11) is 3.26. The third-order valence-corrected chi connectivity index (χ3v) is 12.1. The lowest BCUT2D eigenvalue weighted by Gasteiger charge is -2.46. The maximum atomic E-state index is 12.8. The number of aromatic hydroxyl groups is 3. The van der Waals surface area contributed by atoms with Crippen LogP contribution in [0.3, 0.4) is 0 Å². The van der Waals surface area contributed by atoms with Gasteiger partial charge in [0.15, 0.2) is 0 Å². The van der Waals surface area contributed by atoms with Gasteiger partial charge in [0.05, 0.1) is 32.0 Å². The molecule has 3 aliphatic rings. The van der Waals surface area contributed by atoms with E-state index < -0.39 is 30.1 Å². The van der Waals surface area contributed by atoms with E-state index in [0.29, 0.717) is 66.2 Å². The molecular formula is C48H54O11. The van der Waals surface area contributed by atoms with E-state index in [0.717, 1.165) is 58.9 Å². The first-order valence-electron chi connectivity index (χ1n) is 20.7. The van der Waals surface area contributed by atoms with Crippen LogP contribution in [0.25, 0.3) is 21.9 Å². The molecule has 5 N–H and O–H groups in total. The lowest BCUT2D eigenvalue weighted by atomic mass is 9.72. The van der Waals surface area contributed by atoms with Crippen LogP contribution in [0, 0.1) is 11.8 Å². The average Bonchev–Trinajstić information content (AvgIpc) is 3.74. The van der Waals surface area contributed by atoms with Crippen LogP contribution in [0.4, 0.5) is 0 Å². The number of methoxy groups -OCH3 is 2. The van der Waals surface area contributed by atoms with Crippen molar-refractivity contribution in [1.82, 2.24) is 0 Å². The third kappa shape index (κ3) is 8.47. The van der Waals surface area contributed by atoms with Crippen molar-refractivity contribution in [3.63, 3.8) is 0 Å². The van der Waals surface area contributed by atoms with Gasteiger partial charge in [0, 0.05) is 72.6 Å². The molecule has 0 radical (unpaired) electrons. The molecule has 5 aromatic carbocycles. The third-order valence-electron chi connectivity index (χ3n) is 12.1. The summed E-state index contributed by atoms with van der Waals surface area (Å²) < 4.78 is 38.5. The van der Waals surface area contributed by atoms with Crippen LogP contribution in [0.5, 0.6) is 40.2 Å². The van der Waals surface area contributed by atoms with E-state index in [9.17, 15) is 25.5 Å². The highest BCUT2D eigenvalue weighted by atomic mass is 16.5. The van der Waals surface area contributed by atoms with Crippen LogP contribution in [-0.4, -0.2) is 78.4 Å². The first-order chi connectivity index (χ1) is 28.8. The molecule has 1 aliphatic carbocycles. The summed E-state index contributed by atoms with van der Waals surface area (Å²) >= 11 is 0. The second-order valence-corrected chi connectivity index (χ2v) is 16.0. The summed E-state index contributed by atoms with van der Waals surface area (Å²) in [6.45, 7) is 0.906. The SMILES string of the molecule is COCCC[C@@H]1Oc2c(cc(OC)c3cc(O)ccc23)[C@H](OCCCO)[C@@H]1[C@@H]1COc2c(Cc3cc(O)ccc3-c3cccc(O)c3)cc(OC3CCCC3)cc2[C@H]1O. The fraction of sp³-hybridized carbons (Fsp3) is 0.417. The number of rotatable bonds is 15. The molecule has 59 heavy (non-hydrogen) atoms. The van der Waals surface area contributed by atoms with Gasteiger partial charge in [-0.15, -0.1) is 0 Å². The summed E-state index contributed by atoms with van der Waals surface area (Å²) in [4.78, 5) is 0. The van der Waals surface area contributed by atoms with Crippen LogP contribution >= 0.6 is 0 Å². The Hall–Kier alpha value is -5.20. The van der Waals surface area contributed by atoms with E-state index in [1.807, 2.05) is 36.4 Å². The van der Waals surface area contributed by atoms with Gasteiger partial charge in [-0.05, 0) is 122 Å². The van der Waals surface area contributed by atoms with E-state index in [2.05, 4.69) is 0 Å². The van der Waals surface area contributed by atoms with Gasteiger partial charge in [-0.2, -0.15) is 0 Å². The molecule has 0 spiro atoms. The van der Waals surface area contributed by atoms with Crippen LogP contribution in [0.1, 0.15) is 79.4 Å². The van der Waals surface area contributed by atoms with E-state index in [-0.39, 0.29) is 43.2 Å². The quantitative estimate of drug-likeness (QED) is 0.0647. The van der Waals surface area contributed by atoms with Crippen molar-refractivity contribution in [2.24, 2.45) is 11.8 Å². The van der Waals surface area contributed by atoms with Gasteiger partial charge in [-0.3, -0.25) is 0 Å². The fourth-order valence-electron chi connectivity index (χ4n) is 9.36. The molecule has 0 saturated heterocycles. The monoisotopic (exact) mass is 806 g/mol. The Morgan fingerprint density at radius 2 is 1.56 bits per heavy atom. The zero-order valence-corrected chi connectivity index (χ0v) is 33.6. The second kappa shape index (κ2) is 18.0. The van der Waals surface area contributed by atoms with Crippen molar-refractivity contribution in [2.45, 2.75) is 75.8 Å². The molecule has 1 fully saturated rings. The number of aliphatic hydroxyl groups is 2. The highest BCUT2D eigenvalue weighted by Gasteiger charge is 2.49. The number of benzene rings is 5. The summed E-state index contributed by atoms with van der Waals surface area (Å²) in [5.41, 5.74) is 4.63. The van der Waals surface area contributed by atoms with Crippen LogP contribution < -0.4 is 18.9 Å². The summed E-state index contributed by atoms with van der Waals surface area (Å²) in [5, 5.41) is 55.5. The second-order valence-electron chi connectivity index (χ2n) is 16.0. The Labute approximate surface area is 344 Å². The Morgan fingerprint density at radius 1 is 0.763 bits per heavy atom. The Kier molecular flexibility index (Phi) is 12.4. The molecule has 11 nitrogen and oxygen atoms in total. The van der Waals surface area contributed by atoms with Crippen molar-refractivity contribution >= 4 is 10.8 Å². The molecule has 5 aromatic rings. The predicted octanol–water partition coefficient (Wildman–Crippen LogP) is 8.53. The minimum absolute atomic E-state index is 0.0419. The van der Waals surface area contributed by atoms with E-state index in [4.69, 9.17) is 28.4 Å². The van der Waals surface area contributed by atoms with Gasteiger partial charge in [0.2, 0.25) is 0 Å². The smallest absolute Gasteiger partial charge is 0.133 e. The normalized spacial score (nSPS) is 21.4. The molecule has 0 bridgehead atoms. The van der Waals surface area contributed by atoms with Gasteiger partial charge in [0.25, 0.3) is 0 Å². The number of phenolic OH excluding ortho intramolecular Hbond substituents is 3. The number of phenols is 3. The Balaban J connectivity index is 1.23. The first-order valence-corrected chi connectivity index (χ1v) is 20.7. The van der Waals surface area contributed by atoms with Crippen LogP contribution in [0.2, 0.25) is 0 Å². The average molecular weight is 807 g/mol. The molecule has 0 aromatic heterocycles. The van der Waals surface area contributed by atoms with Crippen molar-refractivity contribution in [3.05, 3.63) is 101 Å². The molecule has 8 rings (SSSR count). The maximum absolute atomic E-state index is 12.8. The largest absolute Gasteiger partial charge is 0.508 e. The van der Waals surface area contributed by atoms with Crippen LogP contribution in [0.15, 0.2) is 78.9 Å². The zero-order valence-electron chi connectivity index (χ0n) is 33.6. The lowest BCUT2D eigenvalue weighted by molar-refractivity contribution is -0.113. The fourth-order valence-corrected chi connectivity index (χ4v) is 9.36. The van der Waals surface area contributed by atoms with Gasteiger partial charge in [0.1, 0.15) is 46.4 Å². The van der Waals surface area contributed by atoms with Crippen molar-refractivity contribution < 1.29 is 54.0 Å². The number of hydrogen-bond donors (Lipinski definition) is 5. The first kappa shape index (κ1) is 40.6. The standard InChI is InChI=1S/C48H54O11/c1-54-18-6-12-42-44(48(56-19-7-17-49)40-26-43(55-2)38-24-33(52)14-16-37(38)47(40)59-42)41-27-57-46-30(23-35(25-39(46)45(41)53)58-34-10-3-4-11-34)20-29-22-32(51)13-15-36(29)28-8-5-9-31(50)21-28/h5,8-9,13-16,21-26,34,41-42,44-45,48-53H,3-4,6-7,10-12,17-20,27H2,1-2H3/t41-,42-,44+,45+,48-/m0/s1.